The van der Waals surface area contributed by atoms with Crippen LogP contribution in [0.2, 0.25) is 0 Å². The van der Waals surface area contributed by atoms with Crippen LogP contribution < -0.4 is 4.90 Å². The average molecular weight is 322 g/mol. The van der Waals surface area contributed by atoms with Gasteiger partial charge in [0, 0.05) is 18.1 Å². The van der Waals surface area contributed by atoms with Crippen molar-refractivity contribution in [1.29, 1.82) is 0 Å². The molecule has 0 aliphatic carbocycles. The third-order valence-corrected chi connectivity index (χ3v) is 3.36. The molecule has 2 rings (SSSR count). The summed E-state index contributed by atoms with van der Waals surface area (Å²) in [5, 5.41) is 0. The molecule has 0 aliphatic heterocycles. The van der Waals surface area contributed by atoms with Crippen molar-refractivity contribution >= 4 is 27.9 Å². The number of hydrogen-bond acceptors (Lipinski definition) is 2. The fourth-order valence-corrected chi connectivity index (χ4v) is 2.42. The zero-order valence-electron chi connectivity index (χ0n) is 10.4. The molecule has 2 aromatic carbocycles. The van der Waals surface area contributed by atoms with E-state index in [0.717, 1.165) is 10.0 Å². The molecule has 2 nitrogen and oxygen atoms in total. The van der Waals surface area contributed by atoms with Crippen molar-refractivity contribution in [2.75, 3.05) is 11.9 Å². The van der Waals surface area contributed by atoms with E-state index in [9.17, 15) is 9.18 Å². The van der Waals surface area contributed by atoms with E-state index in [1.807, 2.05) is 36.2 Å². The Morgan fingerprint density at radius 2 is 2.00 bits per heavy atom. The molecular weight excluding hydrogens is 309 g/mol. The zero-order valence-corrected chi connectivity index (χ0v) is 12.0. The first-order valence-corrected chi connectivity index (χ1v) is 6.60. The molecular formula is C15H13BrFNO. The summed E-state index contributed by atoms with van der Waals surface area (Å²) in [4.78, 5) is 12.8. The molecule has 98 valence electrons. The summed E-state index contributed by atoms with van der Waals surface area (Å²) in [5.74, 6) is -0.492. The molecule has 0 bridgehead atoms. The normalized spacial score (nSPS) is 10.3. The number of carbonyl (C=O) groups excluding carboxylic acids is 1. The van der Waals surface area contributed by atoms with Crippen molar-refractivity contribution in [3.05, 3.63) is 63.9 Å². The Hall–Kier alpha value is -1.68. The molecule has 0 saturated carbocycles. The van der Waals surface area contributed by atoms with Gasteiger partial charge in [0.1, 0.15) is 5.82 Å². The summed E-state index contributed by atoms with van der Waals surface area (Å²) in [7, 11) is 1.84. The second-order valence-electron chi connectivity index (χ2n) is 4.28. The van der Waals surface area contributed by atoms with E-state index in [4.69, 9.17) is 0 Å². The molecule has 2 aromatic rings. The summed E-state index contributed by atoms with van der Waals surface area (Å²) in [6, 6.07) is 12.5. The third kappa shape index (κ3) is 3.20. The molecule has 0 radical (unpaired) electrons. The van der Waals surface area contributed by atoms with Gasteiger partial charge in [0.2, 0.25) is 0 Å². The van der Waals surface area contributed by atoms with Gasteiger partial charge in [-0.25, -0.2) is 4.39 Å². The van der Waals surface area contributed by atoms with Gasteiger partial charge in [0.25, 0.3) is 0 Å². The topological polar surface area (TPSA) is 20.3 Å². The van der Waals surface area contributed by atoms with Gasteiger partial charge in [-0.05, 0) is 29.8 Å². The summed E-state index contributed by atoms with van der Waals surface area (Å²) < 4.78 is 14.5. The van der Waals surface area contributed by atoms with E-state index < -0.39 is 5.82 Å². The van der Waals surface area contributed by atoms with Crippen LogP contribution in [0.4, 0.5) is 10.1 Å². The number of aldehydes is 1. The van der Waals surface area contributed by atoms with Crippen molar-refractivity contribution in [3.8, 4) is 0 Å². The summed E-state index contributed by atoms with van der Waals surface area (Å²) in [6.07, 6.45) is 0.558. The maximum Gasteiger partial charge on any atom is 0.155 e. The van der Waals surface area contributed by atoms with Gasteiger partial charge in [0.15, 0.2) is 6.29 Å². The van der Waals surface area contributed by atoms with Crippen molar-refractivity contribution < 1.29 is 9.18 Å². The molecule has 19 heavy (non-hydrogen) atoms. The largest absolute Gasteiger partial charge is 0.370 e. The Kier molecular flexibility index (Phi) is 4.32. The molecule has 0 atom stereocenters. The van der Waals surface area contributed by atoms with E-state index in [0.29, 0.717) is 18.5 Å². The summed E-state index contributed by atoms with van der Waals surface area (Å²) >= 11 is 3.41. The van der Waals surface area contributed by atoms with Gasteiger partial charge < -0.3 is 4.90 Å². The summed E-state index contributed by atoms with van der Waals surface area (Å²) in [6.45, 7) is 0.601. The number of benzene rings is 2. The van der Waals surface area contributed by atoms with Crippen molar-refractivity contribution in [2.24, 2.45) is 0 Å². The predicted molar refractivity (Wildman–Crippen MR) is 78.0 cm³/mol. The highest BCUT2D eigenvalue weighted by atomic mass is 79.9. The number of anilines is 1. The number of halogens is 2. The lowest BCUT2D eigenvalue weighted by molar-refractivity contribution is 0.112. The molecule has 0 aromatic heterocycles. The summed E-state index contributed by atoms with van der Waals surface area (Å²) in [5.41, 5.74) is 1.77. The van der Waals surface area contributed by atoms with Gasteiger partial charge in [-0.15, -0.1) is 0 Å². The van der Waals surface area contributed by atoms with Crippen molar-refractivity contribution in [2.45, 2.75) is 6.54 Å². The van der Waals surface area contributed by atoms with E-state index in [-0.39, 0.29) is 5.56 Å². The number of rotatable bonds is 4. The predicted octanol–water partition coefficient (Wildman–Crippen LogP) is 4.04. The minimum Gasteiger partial charge on any atom is -0.370 e. The van der Waals surface area contributed by atoms with Gasteiger partial charge in [-0.2, -0.15) is 0 Å². The highest BCUT2D eigenvalue weighted by molar-refractivity contribution is 9.10. The van der Waals surface area contributed by atoms with Gasteiger partial charge in [-0.3, -0.25) is 4.79 Å². The molecule has 0 fully saturated rings. The lowest BCUT2D eigenvalue weighted by Crippen LogP contribution is -2.18. The Bertz CT molecular complexity index is 600. The van der Waals surface area contributed by atoms with E-state index >= 15 is 0 Å². The monoisotopic (exact) mass is 321 g/mol. The molecule has 0 unspecified atom stereocenters. The second kappa shape index (κ2) is 5.97. The molecule has 0 heterocycles. The van der Waals surface area contributed by atoms with Crippen LogP contribution in [0.5, 0.6) is 0 Å². The molecule has 4 heteroatoms. The maximum absolute atomic E-state index is 13.5. The highest BCUT2D eigenvalue weighted by Crippen LogP contribution is 2.23. The number of carbonyl (C=O) groups is 1. The Balaban J connectivity index is 2.27. The van der Waals surface area contributed by atoms with Crippen LogP contribution in [0, 0.1) is 5.82 Å². The number of hydrogen-bond donors (Lipinski definition) is 0. The lowest BCUT2D eigenvalue weighted by atomic mass is 10.1. The van der Waals surface area contributed by atoms with Crippen LogP contribution in [0.25, 0.3) is 0 Å². The second-order valence-corrected chi connectivity index (χ2v) is 5.19. The molecule has 0 N–H and O–H groups in total. The van der Waals surface area contributed by atoms with Crippen molar-refractivity contribution in [3.63, 3.8) is 0 Å². The minimum atomic E-state index is -0.492. The van der Waals surface area contributed by atoms with Crippen LogP contribution >= 0.6 is 15.9 Å². The Morgan fingerprint density at radius 3 is 2.68 bits per heavy atom. The molecule has 0 spiro atoms. The van der Waals surface area contributed by atoms with Crippen LogP contribution in [-0.2, 0) is 6.54 Å². The Morgan fingerprint density at radius 1 is 1.26 bits per heavy atom. The fourth-order valence-electron chi connectivity index (χ4n) is 1.97. The highest BCUT2D eigenvalue weighted by Gasteiger charge is 2.11. The maximum atomic E-state index is 13.5. The van der Waals surface area contributed by atoms with Crippen LogP contribution in [0.3, 0.4) is 0 Å². The van der Waals surface area contributed by atoms with E-state index in [1.54, 1.807) is 12.1 Å². The number of nitrogens with zero attached hydrogens (tertiary/aromatic N) is 1. The molecule has 0 saturated heterocycles. The fraction of sp³-hybridized carbons (Fsp3) is 0.133. The molecule has 0 amide bonds. The first kappa shape index (κ1) is 13.7. The SMILES string of the molecule is CN(Cc1cccc(Br)c1)c1cccc(F)c1C=O. The smallest absolute Gasteiger partial charge is 0.155 e. The van der Waals surface area contributed by atoms with E-state index in [2.05, 4.69) is 15.9 Å². The minimum absolute atomic E-state index is 0.0972. The van der Waals surface area contributed by atoms with Crippen LogP contribution in [-0.4, -0.2) is 13.3 Å². The first-order valence-electron chi connectivity index (χ1n) is 5.81. The average Bonchev–Trinajstić information content (AvgIpc) is 2.38. The van der Waals surface area contributed by atoms with Crippen LogP contribution in [0.15, 0.2) is 46.9 Å². The Labute approximate surface area is 120 Å². The van der Waals surface area contributed by atoms with Gasteiger partial charge >= 0.3 is 0 Å². The standard InChI is InChI=1S/C15H13BrFNO/c1-18(9-11-4-2-5-12(16)8-11)15-7-3-6-14(17)13(15)10-19/h2-8,10H,9H2,1H3. The quantitative estimate of drug-likeness (QED) is 0.792. The zero-order chi connectivity index (χ0) is 13.8. The van der Waals surface area contributed by atoms with E-state index in [1.165, 1.54) is 6.07 Å². The van der Waals surface area contributed by atoms with Gasteiger partial charge in [0.05, 0.1) is 11.3 Å². The van der Waals surface area contributed by atoms with Crippen molar-refractivity contribution in [1.82, 2.24) is 0 Å². The van der Waals surface area contributed by atoms with Gasteiger partial charge in [-0.1, -0.05) is 34.1 Å². The first-order chi connectivity index (χ1) is 9.11. The molecule has 0 aliphatic rings. The lowest BCUT2D eigenvalue weighted by Gasteiger charge is -2.21. The van der Waals surface area contributed by atoms with Crippen LogP contribution in [0.1, 0.15) is 15.9 Å². The third-order valence-electron chi connectivity index (χ3n) is 2.87.